The zero-order valence-electron chi connectivity index (χ0n) is 8.97. The smallest absolute Gasteiger partial charge is 0.340 e. The van der Waals surface area contributed by atoms with Crippen molar-refractivity contribution in [2.24, 2.45) is 0 Å². The van der Waals surface area contributed by atoms with Crippen molar-refractivity contribution in [1.29, 1.82) is 0 Å². The van der Waals surface area contributed by atoms with E-state index in [1.165, 1.54) is 6.07 Å². The fourth-order valence-electron chi connectivity index (χ4n) is 1.38. The van der Waals surface area contributed by atoms with Gasteiger partial charge in [-0.05, 0) is 19.1 Å². The number of aldehydes is 1. The predicted octanol–water partition coefficient (Wildman–Crippen LogP) is 1.29. The van der Waals surface area contributed by atoms with Crippen molar-refractivity contribution in [3.8, 4) is 5.75 Å². The van der Waals surface area contributed by atoms with E-state index in [1.54, 1.807) is 6.92 Å². The minimum Gasteiger partial charge on any atom is -0.492 e. The Labute approximate surface area is 96.4 Å². The minimum absolute atomic E-state index is 0.00856. The van der Waals surface area contributed by atoms with E-state index in [2.05, 4.69) is 0 Å². The molecule has 0 aliphatic carbocycles. The van der Waals surface area contributed by atoms with Crippen LogP contribution >= 0.6 is 0 Å². The Morgan fingerprint density at radius 3 is 2.35 bits per heavy atom. The van der Waals surface area contributed by atoms with Crippen molar-refractivity contribution in [2.75, 3.05) is 6.61 Å². The van der Waals surface area contributed by atoms with Crippen LogP contribution in [0.1, 0.15) is 38.0 Å². The fourth-order valence-corrected chi connectivity index (χ4v) is 1.38. The Morgan fingerprint density at radius 2 is 1.94 bits per heavy atom. The van der Waals surface area contributed by atoms with E-state index in [-0.39, 0.29) is 17.9 Å². The summed E-state index contributed by atoms with van der Waals surface area (Å²) in [7, 11) is 0. The molecule has 0 atom stereocenters. The molecule has 1 aromatic rings. The highest BCUT2D eigenvalue weighted by molar-refractivity contribution is 6.05. The molecule has 0 heterocycles. The highest BCUT2D eigenvalue weighted by Crippen LogP contribution is 2.26. The monoisotopic (exact) mass is 238 g/mol. The predicted molar refractivity (Wildman–Crippen MR) is 56.9 cm³/mol. The number of ether oxygens (including phenoxy) is 1. The average molecular weight is 238 g/mol. The molecule has 0 aliphatic rings. The van der Waals surface area contributed by atoms with Crippen molar-refractivity contribution in [3.05, 3.63) is 28.8 Å². The Morgan fingerprint density at radius 1 is 1.29 bits per heavy atom. The largest absolute Gasteiger partial charge is 0.492 e. The average Bonchev–Trinajstić information content (AvgIpc) is 2.28. The molecule has 1 rings (SSSR count). The maximum Gasteiger partial charge on any atom is 0.340 e. The van der Waals surface area contributed by atoms with Gasteiger partial charge in [-0.1, -0.05) is 0 Å². The molecule has 0 amide bonds. The van der Waals surface area contributed by atoms with Gasteiger partial charge in [-0.15, -0.1) is 0 Å². The van der Waals surface area contributed by atoms with Crippen LogP contribution in [0.3, 0.4) is 0 Å². The zero-order valence-corrected chi connectivity index (χ0v) is 8.97. The van der Waals surface area contributed by atoms with Gasteiger partial charge in [0.25, 0.3) is 0 Å². The van der Waals surface area contributed by atoms with Gasteiger partial charge in [0.05, 0.1) is 17.7 Å². The molecule has 2 N–H and O–H groups in total. The first-order valence-electron chi connectivity index (χ1n) is 4.74. The maximum absolute atomic E-state index is 11.0. The van der Waals surface area contributed by atoms with Crippen LogP contribution in [0.2, 0.25) is 0 Å². The van der Waals surface area contributed by atoms with Gasteiger partial charge in [-0.2, -0.15) is 0 Å². The van der Waals surface area contributed by atoms with E-state index in [9.17, 15) is 14.4 Å². The number of hydrogen-bond acceptors (Lipinski definition) is 4. The Hall–Kier alpha value is -2.37. The van der Waals surface area contributed by atoms with E-state index >= 15 is 0 Å². The lowest BCUT2D eigenvalue weighted by Gasteiger charge is -2.11. The summed E-state index contributed by atoms with van der Waals surface area (Å²) in [6, 6.07) is 2.28. The summed E-state index contributed by atoms with van der Waals surface area (Å²) in [6.45, 7) is 1.73. The van der Waals surface area contributed by atoms with Gasteiger partial charge in [-0.3, -0.25) is 4.79 Å². The number of carboxylic acid groups (broad SMARTS) is 2. The van der Waals surface area contributed by atoms with Crippen molar-refractivity contribution < 1.29 is 29.3 Å². The minimum atomic E-state index is -1.45. The van der Waals surface area contributed by atoms with Gasteiger partial charge in [0.1, 0.15) is 11.3 Å². The summed E-state index contributed by atoms with van der Waals surface area (Å²) < 4.78 is 5.04. The highest BCUT2D eigenvalue weighted by Gasteiger charge is 2.23. The number of aromatic carboxylic acids is 2. The van der Waals surface area contributed by atoms with Crippen LogP contribution in [0.15, 0.2) is 12.1 Å². The van der Waals surface area contributed by atoms with Crippen LogP contribution in [0.5, 0.6) is 5.75 Å². The number of rotatable bonds is 5. The molecule has 0 radical (unpaired) electrons. The molecule has 0 fully saturated rings. The van der Waals surface area contributed by atoms with E-state index < -0.39 is 23.1 Å². The van der Waals surface area contributed by atoms with Crippen LogP contribution in [0.4, 0.5) is 0 Å². The van der Waals surface area contributed by atoms with Crippen LogP contribution < -0.4 is 4.74 Å². The number of benzene rings is 1. The zero-order chi connectivity index (χ0) is 13.0. The van der Waals surface area contributed by atoms with Gasteiger partial charge < -0.3 is 14.9 Å². The number of carbonyl (C=O) groups is 3. The first-order valence-corrected chi connectivity index (χ1v) is 4.74. The molecular weight excluding hydrogens is 228 g/mol. The quantitative estimate of drug-likeness (QED) is 0.749. The van der Waals surface area contributed by atoms with Crippen LogP contribution in [-0.4, -0.2) is 35.0 Å². The van der Waals surface area contributed by atoms with Gasteiger partial charge in [-0.25, -0.2) is 9.59 Å². The van der Waals surface area contributed by atoms with Crippen LogP contribution in [0, 0.1) is 0 Å². The first kappa shape index (κ1) is 12.7. The standard InChI is InChI=1S/C11H10O6/c1-2-17-9-6(5-12)3-4-7(10(13)14)8(9)11(15)16/h3-5H,2H2,1H3,(H,13,14)(H,15,16). The van der Waals surface area contributed by atoms with Crippen LogP contribution in [-0.2, 0) is 0 Å². The van der Waals surface area contributed by atoms with Crippen LogP contribution in [0.25, 0.3) is 0 Å². The summed E-state index contributed by atoms with van der Waals surface area (Å²) in [4.78, 5) is 32.6. The van der Waals surface area contributed by atoms with Gasteiger partial charge in [0.2, 0.25) is 0 Å². The summed E-state index contributed by atoms with van der Waals surface area (Å²) >= 11 is 0. The van der Waals surface area contributed by atoms with Crippen molar-refractivity contribution in [1.82, 2.24) is 0 Å². The third-order valence-electron chi connectivity index (χ3n) is 2.05. The molecule has 90 valence electrons. The SMILES string of the molecule is CCOc1c(C=O)ccc(C(=O)O)c1C(=O)O. The third-order valence-corrected chi connectivity index (χ3v) is 2.05. The lowest BCUT2D eigenvalue weighted by atomic mass is 10.0. The van der Waals surface area contributed by atoms with Gasteiger partial charge in [0.15, 0.2) is 6.29 Å². The van der Waals surface area contributed by atoms with Crippen molar-refractivity contribution in [2.45, 2.75) is 6.92 Å². The Kier molecular flexibility index (Phi) is 3.82. The number of carboxylic acids is 2. The number of hydrogen-bond donors (Lipinski definition) is 2. The first-order chi connectivity index (χ1) is 8.02. The number of carbonyl (C=O) groups excluding carboxylic acids is 1. The molecule has 0 spiro atoms. The topological polar surface area (TPSA) is 101 Å². The third kappa shape index (κ3) is 2.41. The normalized spacial score (nSPS) is 9.71. The Bertz CT molecular complexity index is 477. The molecule has 0 saturated carbocycles. The second-order valence-corrected chi connectivity index (χ2v) is 3.07. The molecule has 1 aromatic carbocycles. The summed E-state index contributed by atoms with van der Waals surface area (Å²) in [5.74, 6) is -3.05. The van der Waals surface area contributed by atoms with E-state index in [0.717, 1.165) is 6.07 Å². The second kappa shape index (κ2) is 5.11. The maximum atomic E-state index is 11.0. The Balaban J connectivity index is 3.58. The van der Waals surface area contributed by atoms with Gasteiger partial charge in [0, 0.05) is 0 Å². The fraction of sp³-hybridized carbons (Fsp3) is 0.182. The molecule has 0 bridgehead atoms. The lowest BCUT2D eigenvalue weighted by Crippen LogP contribution is -2.12. The van der Waals surface area contributed by atoms with Crippen molar-refractivity contribution >= 4 is 18.2 Å². The molecule has 0 aliphatic heterocycles. The molecule has 6 heteroatoms. The summed E-state index contributed by atoms with van der Waals surface area (Å²) in [6.07, 6.45) is 0.420. The molecule has 0 aromatic heterocycles. The van der Waals surface area contributed by atoms with E-state index in [0.29, 0.717) is 6.29 Å². The molecule has 6 nitrogen and oxygen atoms in total. The summed E-state index contributed by atoms with van der Waals surface area (Å²) in [5.41, 5.74) is -0.912. The molecule has 0 saturated heterocycles. The molecule has 17 heavy (non-hydrogen) atoms. The highest BCUT2D eigenvalue weighted by atomic mass is 16.5. The van der Waals surface area contributed by atoms with Gasteiger partial charge >= 0.3 is 11.9 Å². The molecular formula is C11H10O6. The second-order valence-electron chi connectivity index (χ2n) is 3.07. The lowest BCUT2D eigenvalue weighted by molar-refractivity contribution is 0.0647. The van der Waals surface area contributed by atoms with E-state index in [4.69, 9.17) is 14.9 Å². The summed E-state index contributed by atoms with van der Waals surface area (Å²) in [5, 5.41) is 17.8. The van der Waals surface area contributed by atoms with Crippen molar-refractivity contribution in [3.63, 3.8) is 0 Å². The molecule has 0 unspecified atom stereocenters. The van der Waals surface area contributed by atoms with E-state index in [1.807, 2.05) is 0 Å².